The number of carbonyl (C=O) groups excluding carboxylic acids is 1. The van der Waals surface area contributed by atoms with E-state index in [4.69, 9.17) is 0 Å². The van der Waals surface area contributed by atoms with Crippen molar-refractivity contribution >= 4 is 11.6 Å². The van der Waals surface area contributed by atoms with Gasteiger partial charge in [-0.15, -0.1) is 0 Å². The van der Waals surface area contributed by atoms with Crippen molar-refractivity contribution in [3.63, 3.8) is 0 Å². The number of pyridine rings is 1. The zero-order valence-electron chi connectivity index (χ0n) is 19.0. The number of halogens is 4. The van der Waals surface area contributed by atoms with Crippen LogP contribution in [0.25, 0.3) is 0 Å². The van der Waals surface area contributed by atoms with Gasteiger partial charge in [-0.25, -0.2) is 17.6 Å². The van der Waals surface area contributed by atoms with Crippen LogP contribution in [0.15, 0.2) is 54.9 Å². The zero-order chi connectivity index (χ0) is 24.8. The van der Waals surface area contributed by atoms with Gasteiger partial charge in [0.05, 0.1) is 18.1 Å². The molecule has 9 heteroatoms. The van der Waals surface area contributed by atoms with Crippen LogP contribution in [-0.4, -0.2) is 36.6 Å². The monoisotopic (exact) mass is 486 g/mol. The highest BCUT2D eigenvalue weighted by Crippen LogP contribution is 2.30. The van der Waals surface area contributed by atoms with E-state index in [1.165, 1.54) is 30.5 Å². The average molecular weight is 487 g/mol. The normalized spacial score (nSPS) is 16.6. The van der Waals surface area contributed by atoms with Crippen molar-refractivity contribution in [3.8, 4) is 0 Å². The highest BCUT2D eigenvalue weighted by Gasteiger charge is 2.22. The highest BCUT2D eigenvalue weighted by atomic mass is 19.1. The maximum Gasteiger partial charge on any atom is 0.225 e. The molecule has 2 atom stereocenters. The van der Waals surface area contributed by atoms with Gasteiger partial charge in [-0.2, -0.15) is 0 Å². The SMILES string of the molecule is O=C(C[C@@H](c1ccc(F)cc1)c1cc(F)cc(F)c1)Nc1cncc(F)c1CC[C@H]1CNCCN1. The molecule has 2 aromatic carbocycles. The number of hydrogen-bond acceptors (Lipinski definition) is 4. The van der Waals surface area contributed by atoms with Crippen LogP contribution >= 0.6 is 0 Å². The maximum atomic E-state index is 14.6. The van der Waals surface area contributed by atoms with E-state index in [0.29, 0.717) is 24.0 Å². The Balaban J connectivity index is 1.53. The predicted molar refractivity (Wildman–Crippen MR) is 125 cm³/mol. The molecule has 0 bridgehead atoms. The Morgan fingerprint density at radius 3 is 2.40 bits per heavy atom. The summed E-state index contributed by atoms with van der Waals surface area (Å²) in [5.41, 5.74) is 1.34. The Morgan fingerprint density at radius 2 is 1.71 bits per heavy atom. The van der Waals surface area contributed by atoms with Gasteiger partial charge in [0, 0.05) is 49.6 Å². The number of amides is 1. The summed E-state index contributed by atoms with van der Waals surface area (Å²) in [5.74, 6) is -3.79. The molecule has 4 rings (SSSR count). The van der Waals surface area contributed by atoms with Crippen molar-refractivity contribution in [2.45, 2.75) is 31.2 Å². The van der Waals surface area contributed by atoms with Gasteiger partial charge >= 0.3 is 0 Å². The first-order chi connectivity index (χ1) is 16.9. The molecule has 3 aromatic rings. The van der Waals surface area contributed by atoms with Crippen molar-refractivity contribution in [2.75, 3.05) is 25.0 Å². The van der Waals surface area contributed by atoms with E-state index >= 15 is 0 Å². The minimum Gasteiger partial charge on any atom is -0.324 e. The van der Waals surface area contributed by atoms with Crippen LogP contribution in [0.2, 0.25) is 0 Å². The first-order valence-electron chi connectivity index (χ1n) is 11.5. The second kappa shape index (κ2) is 11.4. The predicted octanol–water partition coefficient (Wildman–Crippen LogP) is 4.29. The Morgan fingerprint density at radius 1 is 0.971 bits per heavy atom. The van der Waals surface area contributed by atoms with Crippen molar-refractivity contribution < 1.29 is 22.4 Å². The topological polar surface area (TPSA) is 66.0 Å². The molecule has 184 valence electrons. The van der Waals surface area contributed by atoms with Crippen LogP contribution in [0.3, 0.4) is 0 Å². The second-order valence-electron chi connectivity index (χ2n) is 8.60. The first-order valence-corrected chi connectivity index (χ1v) is 11.5. The molecule has 0 saturated carbocycles. The van der Waals surface area contributed by atoms with Crippen molar-refractivity contribution in [1.82, 2.24) is 15.6 Å². The van der Waals surface area contributed by atoms with E-state index in [1.54, 1.807) is 0 Å². The van der Waals surface area contributed by atoms with E-state index in [0.717, 1.165) is 44.0 Å². The minimum atomic E-state index is -0.782. The summed E-state index contributed by atoms with van der Waals surface area (Å²) in [6.45, 7) is 2.49. The van der Waals surface area contributed by atoms with Gasteiger partial charge < -0.3 is 16.0 Å². The summed E-state index contributed by atoms with van der Waals surface area (Å²) in [6, 6.07) is 8.59. The summed E-state index contributed by atoms with van der Waals surface area (Å²) < 4.78 is 55.9. The number of rotatable bonds is 8. The molecule has 1 saturated heterocycles. The number of nitrogens with zero attached hydrogens (tertiary/aromatic N) is 1. The number of aromatic nitrogens is 1. The molecule has 2 heterocycles. The van der Waals surface area contributed by atoms with E-state index in [2.05, 4.69) is 20.9 Å². The van der Waals surface area contributed by atoms with Crippen molar-refractivity contribution in [3.05, 3.63) is 94.8 Å². The summed E-state index contributed by atoms with van der Waals surface area (Å²) in [5, 5.41) is 9.36. The molecule has 1 aromatic heterocycles. The Kier molecular flexibility index (Phi) is 8.09. The molecule has 0 aliphatic carbocycles. The van der Waals surface area contributed by atoms with E-state index in [9.17, 15) is 22.4 Å². The highest BCUT2D eigenvalue weighted by molar-refractivity contribution is 5.92. The Labute approximate surface area is 201 Å². The van der Waals surface area contributed by atoms with Gasteiger partial charge in [-0.3, -0.25) is 9.78 Å². The summed E-state index contributed by atoms with van der Waals surface area (Å²) in [4.78, 5) is 16.9. The fourth-order valence-corrected chi connectivity index (χ4v) is 4.35. The van der Waals surface area contributed by atoms with Gasteiger partial charge in [-0.1, -0.05) is 12.1 Å². The lowest BCUT2D eigenvalue weighted by Gasteiger charge is -2.25. The second-order valence-corrected chi connectivity index (χ2v) is 8.60. The molecule has 1 amide bonds. The maximum absolute atomic E-state index is 14.6. The summed E-state index contributed by atoms with van der Waals surface area (Å²) in [6.07, 6.45) is 3.35. The van der Waals surface area contributed by atoms with Gasteiger partial charge in [0.1, 0.15) is 23.3 Å². The van der Waals surface area contributed by atoms with Gasteiger partial charge in [-0.05, 0) is 48.2 Å². The molecule has 35 heavy (non-hydrogen) atoms. The smallest absolute Gasteiger partial charge is 0.225 e. The number of nitrogens with one attached hydrogen (secondary N) is 3. The summed E-state index contributed by atoms with van der Waals surface area (Å²) >= 11 is 0. The van der Waals surface area contributed by atoms with Gasteiger partial charge in [0.15, 0.2) is 0 Å². The van der Waals surface area contributed by atoms with Gasteiger partial charge in [0.25, 0.3) is 0 Å². The fourth-order valence-electron chi connectivity index (χ4n) is 4.35. The first kappa shape index (κ1) is 24.8. The molecular weight excluding hydrogens is 460 g/mol. The van der Waals surface area contributed by atoms with Crippen molar-refractivity contribution in [2.24, 2.45) is 0 Å². The van der Waals surface area contributed by atoms with Crippen molar-refractivity contribution in [1.29, 1.82) is 0 Å². The van der Waals surface area contributed by atoms with Crippen LogP contribution in [0.1, 0.15) is 35.4 Å². The minimum absolute atomic E-state index is 0.186. The fraction of sp³-hybridized carbons (Fsp3) is 0.308. The molecule has 0 unspecified atom stereocenters. The zero-order valence-corrected chi connectivity index (χ0v) is 19.0. The standard InChI is InChI=1S/C26H26F4N4O/c27-18-3-1-16(2-4-18)23(17-9-19(28)11-20(29)10-17)12-26(35)34-25-15-32-14-24(30)22(25)6-5-21-13-31-7-8-33-21/h1-4,9-11,14-15,21,23,31,33H,5-8,12-13H2,(H,34,35)/t21-,23-/m0/s1. The third-order valence-corrected chi connectivity index (χ3v) is 6.10. The molecule has 0 radical (unpaired) electrons. The molecule has 1 aliphatic rings. The lowest BCUT2D eigenvalue weighted by Crippen LogP contribution is -2.48. The molecular formula is C26H26F4N4O. The van der Waals surface area contributed by atoms with Crippen LogP contribution in [0.5, 0.6) is 0 Å². The lowest BCUT2D eigenvalue weighted by atomic mass is 9.88. The van der Waals surface area contributed by atoms with E-state index in [-0.39, 0.29) is 23.7 Å². The van der Waals surface area contributed by atoms with Crippen LogP contribution in [0.4, 0.5) is 23.2 Å². The average Bonchev–Trinajstić information content (AvgIpc) is 2.83. The van der Waals surface area contributed by atoms with E-state index < -0.39 is 35.1 Å². The number of anilines is 1. The molecule has 5 nitrogen and oxygen atoms in total. The number of hydrogen-bond donors (Lipinski definition) is 3. The molecule has 3 N–H and O–H groups in total. The third kappa shape index (κ3) is 6.64. The third-order valence-electron chi connectivity index (χ3n) is 6.10. The molecule has 1 aliphatic heterocycles. The van der Waals surface area contributed by atoms with Gasteiger partial charge in [0.2, 0.25) is 5.91 Å². The van der Waals surface area contributed by atoms with Crippen LogP contribution < -0.4 is 16.0 Å². The Bertz CT molecular complexity index is 1150. The lowest BCUT2D eigenvalue weighted by molar-refractivity contribution is -0.116. The largest absolute Gasteiger partial charge is 0.324 e. The molecule has 1 fully saturated rings. The van der Waals surface area contributed by atoms with E-state index in [1.807, 2.05) is 0 Å². The van der Waals surface area contributed by atoms with Crippen LogP contribution in [-0.2, 0) is 11.2 Å². The summed E-state index contributed by atoms with van der Waals surface area (Å²) in [7, 11) is 0. The molecule has 0 spiro atoms. The quantitative estimate of drug-likeness (QED) is 0.416. The number of benzene rings is 2. The Hall–Kier alpha value is -3.30. The number of carbonyl (C=O) groups is 1. The van der Waals surface area contributed by atoms with Crippen LogP contribution in [0, 0.1) is 23.3 Å². The number of piperazine rings is 1.